The number of imidazole rings is 1. The molecule has 0 saturated carbocycles. The number of phenols is 2. The summed E-state index contributed by atoms with van der Waals surface area (Å²) in [5, 5.41) is 20.4. The lowest BCUT2D eigenvalue weighted by Gasteiger charge is -2.06. The van der Waals surface area contributed by atoms with Gasteiger partial charge in [0.2, 0.25) is 0 Å². The van der Waals surface area contributed by atoms with E-state index in [1.54, 1.807) is 24.4 Å². The third-order valence-corrected chi connectivity index (χ3v) is 4.72. The van der Waals surface area contributed by atoms with Crippen molar-refractivity contribution in [3.05, 3.63) is 70.8 Å². The van der Waals surface area contributed by atoms with Crippen LogP contribution in [0.5, 0.6) is 11.5 Å². The van der Waals surface area contributed by atoms with Crippen molar-refractivity contribution in [3.63, 3.8) is 0 Å². The summed E-state index contributed by atoms with van der Waals surface area (Å²) in [6, 6.07) is 11.6. The van der Waals surface area contributed by atoms with E-state index >= 15 is 0 Å². The van der Waals surface area contributed by atoms with Gasteiger partial charge in [0.1, 0.15) is 28.8 Å². The molecule has 0 saturated heterocycles. The van der Waals surface area contributed by atoms with E-state index in [1.807, 2.05) is 0 Å². The monoisotopic (exact) mass is 416 g/mol. The van der Waals surface area contributed by atoms with E-state index in [-0.39, 0.29) is 34.1 Å². The van der Waals surface area contributed by atoms with E-state index in [0.29, 0.717) is 9.99 Å². The molecule has 7 heteroatoms. The maximum Gasteiger partial charge on any atom is 0.152 e. The quantitative estimate of drug-likeness (QED) is 0.476. The molecule has 2 heterocycles. The minimum atomic E-state index is -0.668. The Morgan fingerprint density at radius 3 is 2.42 bits per heavy atom. The zero-order valence-electron chi connectivity index (χ0n) is 13.1. The Hall–Kier alpha value is -2.93. The molecule has 0 fully saturated rings. The highest BCUT2D eigenvalue weighted by atomic mass is 79.9. The summed E-state index contributed by atoms with van der Waals surface area (Å²) in [4.78, 5) is 4.36. The highest BCUT2D eigenvalue weighted by molar-refractivity contribution is 9.10. The molecule has 2 N–H and O–H groups in total. The molecule has 0 atom stereocenters. The van der Waals surface area contributed by atoms with Crippen molar-refractivity contribution >= 4 is 21.4 Å². The Labute approximate surface area is 155 Å². The van der Waals surface area contributed by atoms with Gasteiger partial charge in [-0.05, 0) is 52.3 Å². The minimum Gasteiger partial charge on any atom is -0.507 e. The normalized spacial score (nSPS) is 11.2. The second-order valence-corrected chi connectivity index (χ2v) is 6.48. The van der Waals surface area contributed by atoms with Crippen LogP contribution in [0.15, 0.2) is 59.2 Å². The fourth-order valence-electron chi connectivity index (χ4n) is 2.90. The third kappa shape index (κ3) is 2.43. The van der Waals surface area contributed by atoms with Crippen LogP contribution in [0.25, 0.3) is 28.2 Å². The number of benzene rings is 2. The van der Waals surface area contributed by atoms with Crippen molar-refractivity contribution in [2.24, 2.45) is 0 Å². The maximum absolute atomic E-state index is 14.5. The molecule has 0 radical (unpaired) electrons. The SMILES string of the molecule is Oc1cccc(F)c1-c1nc(-c2c(F)ccc(Br)c2O)c2ccccn12. The maximum atomic E-state index is 14.5. The molecule has 0 amide bonds. The van der Waals surface area contributed by atoms with Crippen molar-refractivity contribution in [2.45, 2.75) is 0 Å². The summed E-state index contributed by atoms with van der Waals surface area (Å²) in [5.74, 6) is -1.82. The van der Waals surface area contributed by atoms with Crippen molar-refractivity contribution in [1.82, 2.24) is 9.38 Å². The van der Waals surface area contributed by atoms with Gasteiger partial charge in [-0.1, -0.05) is 12.1 Å². The third-order valence-electron chi connectivity index (χ3n) is 4.08. The molecule has 4 rings (SSSR count). The van der Waals surface area contributed by atoms with E-state index < -0.39 is 11.6 Å². The number of hydrogen-bond acceptors (Lipinski definition) is 3. The van der Waals surface area contributed by atoms with Gasteiger partial charge in [-0.3, -0.25) is 4.40 Å². The van der Waals surface area contributed by atoms with Crippen LogP contribution < -0.4 is 0 Å². The lowest BCUT2D eigenvalue weighted by atomic mass is 10.1. The highest BCUT2D eigenvalue weighted by Gasteiger charge is 2.23. The number of hydrogen-bond donors (Lipinski definition) is 2. The lowest BCUT2D eigenvalue weighted by molar-refractivity contribution is 0.468. The van der Waals surface area contributed by atoms with Crippen LogP contribution in [0.4, 0.5) is 8.78 Å². The molecule has 0 unspecified atom stereocenters. The van der Waals surface area contributed by atoms with Gasteiger partial charge in [-0.2, -0.15) is 0 Å². The zero-order valence-corrected chi connectivity index (χ0v) is 14.7. The van der Waals surface area contributed by atoms with Crippen molar-refractivity contribution in [2.75, 3.05) is 0 Å². The first-order valence-electron chi connectivity index (χ1n) is 7.61. The van der Waals surface area contributed by atoms with Crippen molar-refractivity contribution in [3.8, 4) is 34.1 Å². The smallest absolute Gasteiger partial charge is 0.152 e. The summed E-state index contributed by atoms with van der Waals surface area (Å²) in [6.07, 6.45) is 1.62. The fraction of sp³-hybridized carbons (Fsp3) is 0. The van der Waals surface area contributed by atoms with Crippen molar-refractivity contribution in [1.29, 1.82) is 0 Å². The first kappa shape index (κ1) is 16.5. The van der Waals surface area contributed by atoms with E-state index in [1.165, 1.54) is 34.7 Å². The van der Waals surface area contributed by atoms with E-state index in [4.69, 9.17) is 0 Å². The van der Waals surface area contributed by atoms with Gasteiger partial charge in [-0.25, -0.2) is 13.8 Å². The molecule has 4 nitrogen and oxygen atoms in total. The molecule has 26 heavy (non-hydrogen) atoms. The summed E-state index contributed by atoms with van der Waals surface area (Å²) in [5.41, 5.74) is 0.386. The average molecular weight is 417 g/mol. The Kier molecular flexibility index (Phi) is 3.88. The molecule has 2 aromatic heterocycles. The van der Waals surface area contributed by atoms with Crippen LogP contribution in [-0.2, 0) is 0 Å². The summed E-state index contributed by atoms with van der Waals surface area (Å²) < 4.78 is 30.7. The molecule has 4 aromatic rings. The lowest BCUT2D eigenvalue weighted by Crippen LogP contribution is -1.92. The topological polar surface area (TPSA) is 57.8 Å². The van der Waals surface area contributed by atoms with Crippen LogP contribution in [0.2, 0.25) is 0 Å². The van der Waals surface area contributed by atoms with Crippen LogP contribution in [0.1, 0.15) is 0 Å². The minimum absolute atomic E-state index is 0.102. The van der Waals surface area contributed by atoms with Gasteiger partial charge in [-0.15, -0.1) is 0 Å². The number of halogens is 3. The molecule has 0 bridgehead atoms. The molecule has 0 spiro atoms. The largest absolute Gasteiger partial charge is 0.507 e. The number of aromatic hydroxyl groups is 2. The van der Waals surface area contributed by atoms with Crippen LogP contribution in [0.3, 0.4) is 0 Å². The Balaban J connectivity index is 2.11. The number of aromatic nitrogens is 2. The fourth-order valence-corrected chi connectivity index (χ4v) is 3.23. The molecule has 0 aliphatic heterocycles. The standard InChI is InChI=1S/C19H11BrF2N2O2/c20-10-7-8-12(22)16(18(10)26)17-13-5-1-2-9-24(13)19(23-17)15-11(21)4-3-6-14(15)25/h1-9,25-26H. The van der Waals surface area contributed by atoms with Crippen LogP contribution in [0, 0.1) is 11.6 Å². The number of pyridine rings is 1. The predicted octanol–water partition coefficient (Wildman–Crippen LogP) is 5.12. The van der Waals surface area contributed by atoms with Gasteiger partial charge >= 0.3 is 0 Å². The molecule has 130 valence electrons. The van der Waals surface area contributed by atoms with E-state index in [9.17, 15) is 19.0 Å². The van der Waals surface area contributed by atoms with Gasteiger partial charge < -0.3 is 10.2 Å². The van der Waals surface area contributed by atoms with Crippen molar-refractivity contribution < 1.29 is 19.0 Å². The first-order chi connectivity index (χ1) is 12.5. The molecular weight excluding hydrogens is 406 g/mol. The number of fused-ring (bicyclic) bond motifs is 1. The Morgan fingerprint density at radius 1 is 0.885 bits per heavy atom. The van der Waals surface area contributed by atoms with Gasteiger partial charge in [0.25, 0.3) is 0 Å². The zero-order chi connectivity index (χ0) is 18.4. The second kappa shape index (κ2) is 6.10. The van der Waals surface area contributed by atoms with Gasteiger partial charge in [0.15, 0.2) is 5.82 Å². The number of phenolic OH excluding ortho intramolecular Hbond substituents is 2. The molecule has 0 aliphatic rings. The summed E-state index contributed by atoms with van der Waals surface area (Å²) in [7, 11) is 0. The Bertz CT molecular complexity index is 1140. The van der Waals surface area contributed by atoms with Gasteiger partial charge in [0, 0.05) is 6.20 Å². The highest BCUT2D eigenvalue weighted by Crippen LogP contribution is 2.41. The molecule has 2 aromatic carbocycles. The van der Waals surface area contributed by atoms with Gasteiger partial charge in [0.05, 0.1) is 21.1 Å². The molecular formula is C19H11BrF2N2O2. The number of nitrogens with zero attached hydrogens (tertiary/aromatic N) is 2. The van der Waals surface area contributed by atoms with Crippen LogP contribution in [-0.4, -0.2) is 19.6 Å². The summed E-state index contributed by atoms with van der Waals surface area (Å²) in [6.45, 7) is 0. The predicted molar refractivity (Wildman–Crippen MR) is 97.0 cm³/mol. The molecule has 0 aliphatic carbocycles. The van der Waals surface area contributed by atoms with E-state index in [2.05, 4.69) is 20.9 Å². The average Bonchev–Trinajstić information content (AvgIpc) is 2.98. The second-order valence-electron chi connectivity index (χ2n) is 5.63. The Morgan fingerprint density at radius 2 is 1.65 bits per heavy atom. The van der Waals surface area contributed by atoms with E-state index in [0.717, 1.165) is 0 Å². The first-order valence-corrected chi connectivity index (χ1v) is 8.40. The number of rotatable bonds is 2. The summed E-state index contributed by atoms with van der Waals surface area (Å²) >= 11 is 3.17. The van der Waals surface area contributed by atoms with Crippen LogP contribution >= 0.6 is 15.9 Å².